The Hall–Kier alpha value is -0.610. The highest BCUT2D eigenvalue weighted by Gasteiger charge is 2.26. The molecule has 1 aliphatic rings. The van der Waals surface area contributed by atoms with E-state index in [0.29, 0.717) is 12.5 Å². The average molecular weight is 227 g/mol. The first kappa shape index (κ1) is 13.5. The van der Waals surface area contributed by atoms with Crippen LogP contribution in [0.4, 0.5) is 0 Å². The van der Waals surface area contributed by atoms with Gasteiger partial charge in [0, 0.05) is 18.6 Å². The van der Waals surface area contributed by atoms with Crippen molar-refractivity contribution >= 4 is 5.91 Å². The molecule has 1 heterocycles. The first-order valence-electron chi connectivity index (χ1n) is 6.30. The van der Waals surface area contributed by atoms with Crippen LogP contribution in [0.15, 0.2) is 0 Å². The summed E-state index contributed by atoms with van der Waals surface area (Å²) in [6.07, 6.45) is 2.10. The van der Waals surface area contributed by atoms with Crippen LogP contribution in [0.25, 0.3) is 0 Å². The number of carbonyl (C=O) groups is 1. The van der Waals surface area contributed by atoms with E-state index in [1.807, 2.05) is 13.8 Å². The van der Waals surface area contributed by atoms with E-state index in [0.717, 1.165) is 25.9 Å². The third-order valence-corrected chi connectivity index (χ3v) is 3.44. The van der Waals surface area contributed by atoms with Crippen molar-refractivity contribution in [3.63, 3.8) is 0 Å². The fourth-order valence-electron chi connectivity index (χ4n) is 2.06. The summed E-state index contributed by atoms with van der Waals surface area (Å²) >= 11 is 0. The predicted octanol–water partition coefficient (Wildman–Crippen LogP) is 0.570. The highest BCUT2D eigenvalue weighted by Crippen LogP contribution is 2.17. The second-order valence-corrected chi connectivity index (χ2v) is 5.02. The summed E-state index contributed by atoms with van der Waals surface area (Å²) in [4.78, 5) is 13.9. The van der Waals surface area contributed by atoms with Crippen LogP contribution in [0.3, 0.4) is 0 Å². The zero-order valence-electron chi connectivity index (χ0n) is 10.7. The Labute approximate surface area is 98.6 Å². The molecule has 3 unspecified atom stereocenters. The monoisotopic (exact) mass is 227 g/mol. The number of nitrogens with one attached hydrogen (secondary N) is 1. The van der Waals surface area contributed by atoms with Crippen molar-refractivity contribution in [3.8, 4) is 0 Å². The van der Waals surface area contributed by atoms with Crippen LogP contribution in [-0.4, -0.2) is 42.5 Å². The van der Waals surface area contributed by atoms with E-state index in [-0.39, 0.29) is 18.0 Å². The summed E-state index contributed by atoms with van der Waals surface area (Å²) in [6.45, 7) is 8.65. The molecule has 0 radical (unpaired) electrons. The highest BCUT2D eigenvalue weighted by molar-refractivity contribution is 5.78. The second-order valence-electron chi connectivity index (χ2n) is 5.02. The minimum absolute atomic E-state index is 0.139. The van der Waals surface area contributed by atoms with Gasteiger partial charge in [-0.3, -0.25) is 9.69 Å². The number of rotatable bonds is 5. The van der Waals surface area contributed by atoms with Crippen molar-refractivity contribution in [1.82, 2.24) is 10.2 Å². The summed E-state index contributed by atoms with van der Waals surface area (Å²) in [6, 6.07) is 0.516. The lowest BCUT2D eigenvalue weighted by atomic mass is 10.0. The topological polar surface area (TPSA) is 58.4 Å². The lowest BCUT2D eigenvalue weighted by Gasteiger charge is -2.18. The number of carbonyl (C=O) groups excluding carboxylic acids is 1. The third kappa shape index (κ3) is 4.10. The molecule has 3 atom stereocenters. The van der Waals surface area contributed by atoms with E-state index in [2.05, 4.69) is 17.1 Å². The lowest BCUT2D eigenvalue weighted by molar-refractivity contribution is -0.122. The van der Waals surface area contributed by atoms with Gasteiger partial charge in [-0.2, -0.15) is 0 Å². The van der Waals surface area contributed by atoms with Crippen molar-refractivity contribution in [2.75, 3.05) is 19.6 Å². The summed E-state index contributed by atoms with van der Waals surface area (Å²) in [5, 5.41) is 2.99. The lowest BCUT2D eigenvalue weighted by Crippen LogP contribution is -2.40. The van der Waals surface area contributed by atoms with E-state index < -0.39 is 0 Å². The van der Waals surface area contributed by atoms with Crippen LogP contribution >= 0.6 is 0 Å². The molecule has 16 heavy (non-hydrogen) atoms. The third-order valence-electron chi connectivity index (χ3n) is 3.44. The Morgan fingerprint density at radius 3 is 2.75 bits per heavy atom. The van der Waals surface area contributed by atoms with E-state index in [1.54, 1.807) is 0 Å². The zero-order chi connectivity index (χ0) is 12.1. The van der Waals surface area contributed by atoms with E-state index >= 15 is 0 Å². The molecule has 0 bridgehead atoms. The molecule has 1 fully saturated rings. The maximum atomic E-state index is 11.7. The maximum Gasteiger partial charge on any atom is 0.234 e. The number of amides is 1. The van der Waals surface area contributed by atoms with Crippen LogP contribution < -0.4 is 11.1 Å². The Kier molecular flexibility index (Phi) is 5.22. The minimum Gasteiger partial charge on any atom is -0.353 e. The van der Waals surface area contributed by atoms with Gasteiger partial charge >= 0.3 is 0 Å². The molecule has 94 valence electrons. The Morgan fingerprint density at radius 1 is 1.56 bits per heavy atom. The van der Waals surface area contributed by atoms with Gasteiger partial charge in [0.25, 0.3) is 0 Å². The van der Waals surface area contributed by atoms with Crippen LogP contribution in [0.5, 0.6) is 0 Å². The van der Waals surface area contributed by atoms with Gasteiger partial charge in [0.15, 0.2) is 0 Å². The Balaban J connectivity index is 2.26. The van der Waals surface area contributed by atoms with Crippen LogP contribution in [0, 0.1) is 5.92 Å². The fraction of sp³-hybridized carbons (Fsp3) is 0.917. The molecule has 0 aromatic carbocycles. The number of nitrogens with zero attached hydrogens (tertiary/aromatic N) is 1. The van der Waals surface area contributed by atoms with Gasteiger partial charge in [0.2, 0.25) is 5.91 Å². The van der Waals surface area contributed by atoms with Gasteiger partial charge in [-0.05, 0) is 39.2 Å². The maximum absolute atomic E-state index is 11.7. The average Bonchev–Trinajstić information content (AvgIpc) is 2.65. The van der Waals surface area contributed by atoms with Crippen molar-refractivity contribution in [3.05, 3.63) is 0 Å². The predicted molar refractivity (Wildman–Crippen MR) is 66.1 cm³/mol. The standard InChI is InChI=1S/C12H25N3O/c1-4-9(2)14-12(16)8-15-6-5-11(7-15)10(3)13/h9-11H,4-8,13H2,1-3H3,(H,14,16). The van der Waals surface area contributed by atoms with Gasteiger partial charge < -0.3 is 11.1 Å². The molecule has 0 spiro atoms. The van der Waals surface area contributed by atoms with E-state index in [9.17, 15) is 4.79 Å². The molecular formula is C12H25N3O. The van der Waals surface area contributed by atoms with Gasteiger partial charge in [-0.25, -0.2) is 0 Å². The molecule has 3 N–H and O–H groups in total. The van der Waals surface area contributed by atoms with Crippen molar-refractivity contribution in [2.45, 2.75) is 45.7 Å². The van der Waals surface area contributed by atoms with Crippen molar-refractivity contribution in [2.24, 2.45) is 11.7 Å². The van der Waals surface area contributed by atoms with Crippen LogP contribution in [0.2, 0.25) is 0 Å². The summed E-state index contributed by atoms with van der Waals surface area (Å²) < 4.78 is 0. The fourth-order valence-corrected chi connectivity index (χ4v) is 2.06. The van der Waals surface area contributed by atoms with Crippen LogP contribution in [-0.2, 0) is 4.79 Å². The first-order valence-corrected chi connectivity index (χ1v) is 6.30. The smallest absolute Gasteiger partial charge is 0.234 e. The van der Waals surface area contributed by atoms with Gasteiger partial charge in [0.1, 0.15) is 0 Å². The molecule has 1 amide bonds. The number of likely N-dealkylation sites (tertiary alicyclic amines) is 1. The molecule has 1 aliphatic heterocycles. The normalized spacial score (nSPS) is 25.4. The summed E-state index contributed by atoms with van der Waals surface area (Å²) in [5.41, 5.74) is 5.87. The highest BCUT2D eigenvalue weighted by atomic mass is 16.2. The largest absolute Gasteiger partial charge is 0.353 e. The Bertz CT molecular complexity index is 230. The molecule has 4 nitrogen and oxygen atoms in total. The number of hydrogen-bond acceptors (Lipinski definition) is 3. The van der Waals surface area contributed by atoms with Crippen molar-refractivity contribution in [1.29, 1.82) is 0 Å². The molecule has 1 saturated heterocycles. The van der Waals surface area contributed by atoms with E-state index in [4.69, 9.17) is 5.73 Å². The van der Waals surface area contributed by atoms with Gasteiger partial charge in [0.05, 0.1) is 6.54 Å². The molecule has 4 heteroatoms. The first-order chi connectivity index (χ1) is 7.52. The van der Waals surface area contributed by atoms with Crippen molar-refractivity contribution < 1.29 is 4.79 Å². The van der Waals surface area contributed by atoms with E-state index in [1.165, 1.54) is 0 Å². The SMILES string of the molecule is CCC(C)NC(=O)CN1CCC(C(C)N)C1. The zero-order valence-corrected chi connectivity index (χ0v) is 10.7. The molecule has 1 rings (SSSR count). The minimum atomic E-state index is 0.139. The molecular weight excluding hydrogens is 202 g/mol. The summed E-state index contributed by atoms with van der Waals surface area (Å²) in [5.74, 6) is 0.691. The second kappa shape index (κ2) is 6.21. The van der Waals surface area contributed by atoms with Gasteiger partial charge in [-0.15, -0.1) is 0 Å². The number of nitrogens with two attached hydrogens (primary N) is 1. The molecule has 0 aromatic rings. The molecule has 0 aliphatic carbocycles. The summed E-state index contributed by atoms with van der Waals surface area (Å²) in [7, 11) is 0. The Morgan fingerprint density at radius 2 is 2.25 bits per heavy atom. The molecule has 0 saturated carbocycles. The van der Waals surface area contributed by atoms with Crippen LogP contribution in [0.1, 0.15) is 33.6 Å². The quantitative estimate of drug-likeness (QED) is 0.722. The molecule has 0 aromatic heterocycles. The van der Waals surface area contributed by atoms with Gasteiger partial charge in [-0.1, -0.05) is 6.92 Å². The number of hydrogen-bond donors (Lipinski definition) is 2.